The molecule has 1 saturated heterocycles. The number of hydrogen-bond donors (Lipinski definition) is 2. The quantitative estimate of drug-likeness (QED) is 0.752. The molecule has 1 aromatic rings. The molecule has 0 aromatic heterocycles. The summed E-state index contributed by atoms with van der Waals surface area (Å²) in [7, 11) is 0. The van der Waals surface area contributed by atoms with Crippen LogP contribution in [0.3, 0.4) is 0 Å². The Kier molecular flexibility index (Phi) is 6.37. The molecule has 1 amide bonds. The monoisotopic (exact) mass is 332 g/mol. The van der Waals surface area contributed by atoms with Crippen molar-refractivity contribution in [1.29, 1.82) is 0 Å². The number of aryl methyl sites for hydroxylation is 1. The molecular weight excluding hydrogens is 304 g/mol. The first kappa shape index (κ1) is 18.5. The molecule has 1 heterocycles. The predicted molar refractivity (Wildman–Crippen MR) is 93.4 cm³/mol. The van der Waals surface area contributed by atoms with E-state index in [1.165, 1.54) is 0 Å². The van der Waals surface area contributed by atoms with E-state index in [4.69, 9.17) is 4.74 Å². The number of benzene rings is 1. The van der Waals surface area contributed by atoms with Gasteiger partial charge in [0.05, 0.1) is 18.6 Å². The molecule has 0 spiro atoms. The van der Waals surface area contributed by atoms with Crippen LogP contribution in [0.25, 0.3) is 0 Å². The number of carbonyl (C=O) groups is 2. The van der Waals surface area contributed by atoms with Crippen LogP contribution in [0.2, 0.25) is 0 Å². The maximum atomic E-state index is 12.5. The molecule has 5 heteroatoms. The second-order valence-electron chi connectivity index (χ2n) is 6.92. The summed E-state index contributed by atoms with van der Waals surface area (Å²) in [5, 5.41) is 6.23. The zero-order chi connectivity index (χ0) is 17.7. The van der Waals surface area contributed by atoms with Gasteiger partial charge in [0.15, 0.2) is 0 Å². The van der Waals surface area contributed by atoms with Gasteiger partial charge < -0.3 is 15.4 Å². The van der Waals surface area contributed by atoms with Crippen molar-refractivity contribution in [3.63, 3.8) is 0 Å². The highest BCUT2D eigenvalue weighted by Gasteiger charge is 2.30. The van der Waals surface area contributed by atoms with Crippen molar-refractivity contribution in [3.05, 3.63) is 35.4 Å². The fourth-order valence-corrected chi connectivity index (χ4v) is 2.71. The van der Waals surface area contributed by atoms with Crippen LogP contribution >= 0.6 is 0 Å². The Morgan fingerprint density at radius 3 is 2.33 bits per heavy atom. The van der Waals surface area contributed by atoms with Crippen LogP contribution in [0, 0.1) is 18.8 Å². The van der Waals surface area contributed by atoms with Crippen molar-refractivity contribution in [2.75, 3.05) is 13.1 Å². The third-order valence-electron chi connectivity index (χ3n) is 4.47. The van der Waals surface area contributed by atoms with Crippen LogP contribution < -0.4 is 10.6 Å². The molecule has 5 nitrogen and oxygen atoms in total. The van der Waals surface area contributed by atoms with E-state index < -0.39 is 0 Å². The van der Waals surface area contributed by atoms with Crippen LogP contribution in [-0.4, -0.2) is 31.1 Å². The van der Waals surface area contributed by atoms with E-state index in [1.807, 2.05) is 52.0 Å². The molecule has 1 fully saturated rings. The largest absolute Gasteiger partial charge is 0.463 e. The molecule has 0 radical (unpaired) electrons. The van der Waals surface area contributed by atoms with Gasteiger partial charge in [-0.05, 0) is 45.3 Å². The Bertz CT molecular complexity index is 564. The van der Waals surface area contributed by atoms with Gasteiger partial charge in [-0.2, -0.15) is 0 Å². The minimum atomic E-state index is -0.361. The van der Waals surface area contributed by atoms with E-state index in [2.05, 4.69) is 10.6 Å². The van der Waals surface area contributed by atoms with E-state index in [0.29, 0.717) is 5.92 Å². The Labute approximate surface area is 144 Å². The molecule has 2 rings (SSSR count). The van der Waals surface area contributed by atoms with E-state index in [9.17, 15) is 9.59 Å². The fourth-order valence-electron chi connectivity index (χ4n) is 2.71. The topological polar surface area (TPSA) is 67.4 Å². The molecule has 0 saturated carbocycles. The minimum absolute atomic E-state index is 0.00979. The number of esters is 1. The third-order valence-corrected chi connectivity index (χ3v) is 4.47. The fraction of sp³-hybridized carbons (Fsp3) is 0.579. The highest BCUT2D eigenvalue weighted by molar-refractivity contribution is 5.80. The SMILES string of the molecule is Cc1ccc(C(CC(=O)OC(C)C)NC(=O)C(C)C2CNC2)cc1. The average molecular weight is 332 g/mol. The molecule has 1 aliphatic rings. The number of ether oxygens (including phenoxy) is 1. The summed E-state index contributed by atoms with van der Waals surface area (Å²) >= 11 is 0. The van der Waals surface area contributed by atoms with Gasteiger partial charge in [0.1, 0.15) is 0 Å². The maximum Gasteiger partial charge on any atom is 0.308 e. The summed E-state index contributed by atoms with van der Waals surface area (Å²) in [4.78, 5) is 24.6. The summed E-state index contributed by atoms with van der Waals surface area (Å²) < 4.78 is 5.25. The van der Waals surface area contributed by atoms with Crippen molar-refractivity contribution >= 4 is 11.9 Å². The lowest BCUT2D eigenvalue weighted by Crippen LogP contribution is -2.50. The van der Waals surface area contributed by atoms with Gasteiger partial charge in [0.25, 0.3) is 0 Å². The smallest absolute Gasteiger partial charge is 0.308 e. The lowest BCUT2D eigenvalue weighted by molar-refractivity contribution is -0.148. The zero-order valence-corrected chi connectivity index (χ0v) is 15.0. The minimum Gasteiger partial charge on any atom is -0.463 e. The first-order chi connectivity index (χ1) is 11.4. The van der Waals surface area contributed by atoms with Gasteiger partial charge in [0, 0.05) is 5.92 Å². The molecule has 0 bridgehead atoms. The Morgan fingerprint density at radius 1 is 1.21 bits per heavy atom. The third kappa shape index (κ3) is 5.06. The molecule has 1 aromatic carbocycles. The van der Waals surface area contributed by atoms with Gasteiger partial charge >= 0.3 is 5.97 Å². The first-order valence-corrected chi connectivity index (χ1v) is 8.64. The summed E-state index contributed by atoms with van der Waals surface area (Å²) in [5.41, 5.74) is 2.07. The van der Waals surface area contributed by atoms with Gasteiger partial charge in [-0.1, -0.05) is 36.8 Å². The van der Waals surface area contributed by atoms with E-state index >= 15 is 0 Å². The molecule has 1 aliphatic heterocycles. The standard InChI is InChI=1S/C19H28N2O3/c1-12(2)24-18(22)9-17(15-7-5-13(3)6-8-15)21-19(23)14(4)16-10-20-11-16/h5-8,12,14,16-17,20H,9-11H2,1-4H3,(H,21,23). The number of rotatable bonds is 7. The van der Waals surface area contributed by atoms with Gasteiger partial charge in [-0.15, -0.1) is 0 Å². The number of hydrogen-bond acceptors (Lipinski definition) is 4. The van der Waals surface area contributed by atoms with Crippen LogP contribution in [0.5, 0.6) is 0 Å². The van der Waals surface area contributed by atoms with Crippen molar-refractivity contribution in [1.82, 2.24) is 10.6 Å². The number of nitrogens with one attached hydrogen (secondary N) is 2. The maximum absolute atomic E-state index is 12.5. The van der Waals surface area contributed by atoms with Gasteiger partial charge in [-0.25, -0.2) is 0 Å². The highest BCUT2D eigenvalue weighted by atomic mass is 16.5. The molecule has 2 N–H and O–H groups in total. The predicted octanol–water partition coefficient (Wildman–Crippen LogP) is 2.35. The lowest BCUT2D eigenvalue weighted by Gasteiger charge is -2.32. The van der Waals surface area contributed by atoms with E-state index in [0.717, 1.165) is 24.2 Å². The second-order valence-corrected chi connectivity index (χ2v) is 6.92. The van der Waals surface area contributed by atoms with E-state index in [-0.39, 0.29) is 36.4 Å². The molecule has 24 heavy (non-hydrogen) atoms. The average Bonchev–Trinajstić information content (AvgIpc) is 2.44. The summed E-state index contributed by atoms with van der Waals surface area (Å²) in [6, 6.07) is 7.53. The normalized spacial score (nSPS) is 17.0. The molecular formula is C19H28N2O3. The Morgan fingerprint density at radius 2 is 1.83 bits per heavy atom. The number of carbonyl (C=O) groups excluding carboxylic acids is 2. The summed E-state index contributed by atoms with van der Waals surface area (Å²) in [6.07, 6.45) is -0.0188. The van der Waals surface area contributed by atoms with Crippen LogP contribution in [0.15, 0.2) is 24.3 Å². The van der Waals surface area contributed by atoms with Gasteiger partial charge in [-0.3, -0.25) is 9.59 Å². The van der Waals surface area contributed by atoms with Crippen LogP contribution in [0.1, 0.15) is 44.4 Å². The van der Waals surface area contributed by atoms with Crippen molar-refractivity contribution in [2.24, 2.45) is 11.8 Å². The second kappa shape index (κ2) is 8.29. The summed E-state index contributed by atoms with van der Waals surface area (Å²) in [6.45, 7) is 9.35. The lowest BCUT2D eigenvalue weighted by atomic mass is 9.88. The molecule has 132 valence electrons. The van der Waals surface area contributed by atoms with Crippen molar-refractivity contribution in [3.8, 4) is 0 Å². The molecule has 2 unspecified atom stereocenters. The van der Waals surface area contributed by atoms with Crippen molar-refractivity contribution in [2.45, 2.75) is 46.3 Å². The van der Waals surface area contributed by atoms with Gasteiger partial charge in [0.2, 0.25) is 5.91 Å². The Balaban J connectivity index is 2.07. The molecule has 2 atom stereocenters. The molecule has 0 aliphatic carbocycles. The van der Waals surface area contributed by atoms with Crippen LogP contribution in [-0.2, 0) is 14.3 Å². The van der Waals surface area contributed by atoms with E-state index in [1.54, 1.807) is 0 Å². The highest BCUT2D eigenvalue weighted by Crippen LogP contribution is 2.22. The van der Waals surface area contributed by atoms with Crippen LogP contribution in [0.4, 0.5) is 0 Å². The number of amides is 1. The van der Waals surface area contributed by atoms with Crippen molar-refractivity contribution < 1.29 is 14.3 Å². The summed E-state index contributed by atoms with van der Waals surface area (Å²) in [5.74, 6) is -0.00939. The zero-order valence-electron chi connectivity index (χ0n) is 15.0. The first-order valence-electron chi connectivity index (χ1n) is 8.64. The Hall–Kier alpha value is -1.88.